The van der Waals surface area contributed by atoms with Gasteiger partial charge in [0, 0.05) is 24.8 Å². The maximum Gasteiger partial charge on any atom is 0.151 e. The Morgan fingerprint density at radius 3 is 2.30 bits per heavy atom. The number of nitrogens with zero attached hydrogens (tertiary/aromatic N) is 2. The first-order chi connectivity index (χ1) is 9.65. The zero-order valence-electron chi connectivity index (χ0n) is 11.6. The summed E-state index contributed by atoms with van der Waals surface area (Å²) >= 11 is 0. The van der Waals surface area contributed by atoms with E-state index < -0.39 is 11.6 Å². The largest absolute Gasteiger partial charge is 0.399 e. The molecule has 1 atom stereocenters. The summed E-state index contributed by atoms with van der Waals surface area (Å²) in [6.07, 6.45) is 4.75. The van der Waals surface area contributed by atoms with Crippen LogP contribution in [0.25, 0.3) is 0 Å². The van der Waals surface area contributed by atoms with Crippen molar-refractivity contribution < 1.29 is 8.78 Å². The monoisotopic (exact) mass is 281 g/mol. The van der Waals surface area contributed by atoms with E-state index in [2.05, 4.69) is 4.90 Å². The minimum atomic E-state index is -0.554. The fourth-order valence-corrected chi connectivity index (χ4v) is 3.41. The molecule has 3 nitrogen and oxygen atoms in total. The van der Waals surface area contributed by atoms with Crippen molar-refractivity contribution in [3.05, 3.63) is 23.8 Å². The molecule has 0 saturated carbocycles. The molecule has 3 rings (SSSR count). The smallest absolute Gasteiger partial charge is 0.151 e. The maximum absolute atomic E-state index is 14.0. The number of hydrogen-bond donors (Lipinski definition) is 1. The summed E-state index contributed by atoms with van der Waals surface area (Å²) in [5.74, 6) is -1.11. The lowest BCUT2D eigenvalue weighted by molar-refractivity contribution is 0.174. The summed E-state index contributed by atoms with van der Waals surface area (Å²) in [4.78, 5) is 4.29. The van der Waals surface area contributed by atoms with E-state index in [1.165, 1.54) is 31.4 Å². The van der Waals surface area contributed by atoms with Gasteiger partial charge in [-0.15, -0.1) is 0 Å². The van der Waals surface area contributed by atoms with E-state index >= 15 is 0 Å². The fourth-order valence-electron chi connectivity index (χ4n) is 3.41. The molecule has 1 aromatic rings. The Bertz CT molecular complexity index is 463. The molecule has 0 spiro atoms. The molecule has 2 aliphatic rings. The third-order valence-electron chi connectivity index (χ3n) is 4.43. The second-order valence-electron chi connectivity index (χ2n) is 5.82. The van der Waals surface area contributed by atoms with E-state index in [0.717, 1.165) is 19.5 Å². The molecule has 2 heterocycles. The highest BCUT2D eigenvalue weighted by Gasteiger charge is 2.31. The topological polar surface area (TPSA) is 32.5 Å². The Labute approximate surface area is 118 Å². The van der Waals surface area contributed by atoms with E-state index in [0.29, 0.717) is 19.1 Å². The molecule has 110 valence electrons. The van der Waals surface area contributed by atoms with Crippen LogP contribution in [0.1, 0.15) is 25.7 Å². The third-order valence-corrected chi connectivity index (χ3v) is 4.43. The number of nitrogen functional groups attached to an aromatic ring is 1. The van der Waals surface area contributed by atoms with Crippen LogP contribution >= 0.6 is 0 Å². The summed E-state index contributed by atoms with van der Waals surface area (Å²) in [6, 6.07) is 2.82. The van der Waals surface area contributed by atoms with Gasteiger partial charge in [0.25, 0.3) is 0 Å². The molecular formula is C15H21F2N3. The molecule has 0 bridgehead atoms. The molecule has 2 N–H and O–H groups in total. The molecule has 1 aromatic carbocycles. The first-order valence-corrected chi connectivity index (χ1v) is 7.38. The summed E-state index contributed by atoms with van der Waals surface area (Å²) in [5, 5.41) is 0. The van der Waals surface area contributed by atoms with E-state index in [9.17, 15) is 8.78 Å². The van der Waals surface area contributed by atoms with E-state index in [-0.39, 0.29) is 11.4 Å². The summed E-state index contributed by atoms with van der Waals surface area (Å²) in [5.41, 5.74) is 5.68. The number of rotatable bonds is 2. The highest BCUT2D eigenvalue weighted by Crippen LogP contribution is 2.30. The first-order valence-electron chi connectivity index (χ1n) is 7.38. The second kappa shape index (κ2) is 5.56. The number of hydrogen-bond acceptors (Lipinski definition) is 3. The van der Waals surface area contributed by atoms with E-state index in [1.54, 1.807) is 0 Å². The van der Waals surface area contributed by atoms with Crippen molar-refractivity contribution in [2.24, 2.45) is 0 Å². The van der Waals surface area contributed by atoms with Crippen molar-refractivity contribution in [1.29, 1.82) is 0 Å². The lowest BCUT2D eigenvalue weighted by Crippen LogP contribution is -2.41. The van der Waals surface area contributed by atoms with Crippen LogP contribution < -0.4 is 10.6 Å². The van der Waals surface area contributed by atoms with Crippen molar-refractivity contribution in [2.75, 3.05) is 36.8 Å². The Hall–Kier alpha value is -1.36. The summed E-state index contributed by atoms with van der Waals surface area (Å²) in [7, 11) is 0. The number of likely N-dealkylation sites (tertiary alicyclic amines) is 1. The predicted molar refractivity (Wildman–Crippen MR) is 76.8 cm³/mol. The molecule has 0 aliphatic carbocycles. The van der Waals surface area contributed by atoms with Gasteiger partial charge in [-0.3, -0.25) is 4.90 Å². The van der Waals surface area contributed by atoms with E-state index in [4.69, 9.17) is 5.73 Å². The molecule has 1 unspecified atom stereocenters. The van der Waals surface area contributed by atoms with Crippen molar-refractivity contribution >= 4 is 11.4 Å². The first kappa shape index (κ1) is 13.6. The van der Waals surface area contributed by atoms with Crippen molar-refractivity contribution in [3.63, 3.8) is 0 Å². The van der Waals surface area contributed by atoms with Crippen molar-refractivity contribution in [3.8, 4) is 0 Å². The molecule has 20 heavy (non-hydrogen) atoms. The molecule has 5 heteroatoms. The van der Waals surface area contributed by atoms with Gasteiger partial charge in [-0.2, -0.15) is 0 Å². The maximum atomic E-state index is 14.0. The SMILES string of the molecule is Nc1cc(F)c(N2CCC(N3CCCCC3)C2)c(F)c1. The third kappa shape index (κ3) is 2.59. The van der Waals surface area contributed by atoms with Gasteiger partial charge in [-0.05, 0) is 44.5 Å². The summed E-state index contributed by atoms with van der Waals surface area (Å²) < 4.78 is 27.9. The van der Waals surface area contributed by atoms with Gasteiger partial charge in [0.05, 0.1) is 0 Å². The van der Waals surface area contributed by atoms with Crippen LogP contribution in [-0.4, -0.2) is 37.1 Å². The highest BCUT2D eigenvalue weighted by atomic mass is 19.1. The van der Waals surface area contributed by atoms with Crippen LogP contribution in [0.2, 0.25) is 0 Å². The number of anilines is 2. The Kier molecular flexibility index (Phi) is 3.78. The Balaban J connectivity index is 1.73. The quantitative estimate of drug-likeness (QED) is 0.846. The molecule has 0 radical (unpaired) electrons. The van der Waals surface area contributed by atoms with Crippen LogP contribution in [0.3, 0.4) is 0 Å². The van der Waals surface area contributed by atoms with E-state index in [1.807, 2.05) is 4.90 Å². The van der Waals surface area contributed by atoms with Gasteiger partial charge >= 0.3 is 0 Å². The van der Waals surface area contributed by atoms with Gasteiger partial charge < -0.3 is 10.6 Å². The zero-order valence-corrected chi connectivity index (χ0v) is 11.6. The van der Waals surface area contributed by atoms with Crippen LogP contribution in [0.15, 0.2) is 12.1 Å². The van der Waals surface area contributed by atoms with Crippen LogP contribution in [0.4, 0.5) is 20.2 Å². The minimum absolute atomic E-state index is 0.0821. The van der Waals surface area contributed by atoms with Gasteiger partial charge in [-0.1, -0.05) is 6.42 Å². The number of halogens is 2. The van der Waals surface area contributed by atoms with Gasteiger partial charge in [-0.25, -0.2) is 8.78 Å². The Morgan fingerprint density at radius 1 is 1.00 bits per heavy atom. The number of benzene rings is 1. The fraction of sp³-hybridized carbons (Fsp3) is 0.600. The van der Waals surface area contributed by atoms with Gasteiger partial charge in [0.1, 0.15) is 5.69 Å². The normalized spacial score (nSPS) is 24.3. The van der Waals surface area contributed by atoms with Gasteiger partial charge in [0.2, 0.25) is 0 Å². The van der Waals surface area contributed by atoms with Crippen LogP contribution in [0.5, 0.6) is 0 Å². The Morgan fingerprint density at radius 2 is 1.65 bits per heavy atom. The molecule has 0 amide bonds. The average molecular weight is 281 g/mol. The number of piperidine rings is 1. The lowest BCUT2D eigenvalue weighted by atomic mass is 10.1. The molecule has 2 aliphatic heterocycles. The van der Waals surface area contributed by atoms with Crippen LogP contribution in [0, 0.1) is 11.6 Å². The molecule has 0 aromatic heterocycles. The predicted octanol–water partition coefficient (Wildman–Crippen LogP) is 2.61. The standard InChI is InChI=1S/C15H21F2N3/c16-13-8-11(18)9-14(17)15(13)20-7-4-12(10-20)19-5-2-1-3-6-19/h8-9,12H,1-7,10,18H2. The molecule has 2 saturated heterocycles. The molecule has 2 fully saturated rings. The highest BCUT2D eigenvalue weighted by molar-refractivity contribution is 5.56. The van der Waals surface area contributed by atoms with Crippen molar-refractivity contribution in [1.82, 2.24) is 4.90 Å². The number of nitrogens with two attached hydrogens (primary N) is 1. The average Bonchev–Trinajstić information content (AvgIpc) is 2.88. The zero-order chi connectivity index (χ0) is 14.1. The summed E-state index contributed by atoms with van der Waals surface area (Å²) in [6.45, 7) is 3.65. The second-order valence-corrected chi connectivity index (χ2v) is 5.82. The van der Waals surface area contributed by atoms with Gasteiger partial charge in [0.15, 0.2) is 11.6 Å². The minimum Gasteiger partial charge on any atom is -0.399 e. The molecular weight excluding hydrogens is 260 g/mol. The van der Waals surface area contributed by atoms with Crippen molar-refractivity contribution in [2.45, 2.75) is 31.7 Å². The van der Waals surface area contributed by atoms with Crippen LogP contribution in [-0.2, 0) is 0 Å². The lowest BCUT2D eigenvalue weighted by Gasteiger charge is -2.32.